The van der Waals surface area contributed by atoms with Crippen molar-refractivity contribution in [3.8, 4) is 0 Å². The smallest absolute Gasteiger partial charge is 0.0646 e. The molecule has 0 unspecified atom stereocenters. The first-order chi connectivity index (χ1) is 10.2. The molecule has 112 valence electrons. The van der Waals surface area contributed by atoms with Gasteiger partial charge in [-0.2, -0.15) is 0 Å². The average molecular weight is 303 g/mol. The van der Waals surface area contributed by atoms with Crippen molar-refractivity contribution in [1.29, 1.82) is 0 Å². The van der Waals surface area contributed by atoms with Gasteiger partial charge in [-0.15, -0.1) is 0 Å². The lowest BCUT2D eigenvalue weighted by atomic mass is 10.1. The molecule has 0 spiro atoms. The Labute approximate surface area is 132 Å². The Bertz CT molecular complexity index is 578. The van der Waals surface area contributed by atoms with E-state index in [1.807, 2.05) is 12.1 Å². The minimum Gasteiger partial charge on any atom is -0.340 e. The largest absolute Gasteiger partial charge is 0.340 e. The first-order valence-corrected chi connectivity index (χ1v) is 7.87. The summed E-state index contributed by atoms with van der Waals surface area (Å²) in [4.78, 5) is 2.27. The van der Waals surface area contributed by atoms with Crippen LogP contribution in [0.5, 0.6) is 0 Å². The quantitative estimate of drug-likeness (QED) is 0.815. The molecule has 2 rings (SSSR count). The van der Waals surface area contributed by atoms with Crippen LogP contribution in [0.25, 0.3) is 0 Å². The summed E-state index contributed by atoms with van der Waals surface area (Å²) in [7, 11) is 0. The Morgan fingerprint density at radius 2 is 1.76 bits per heavy atom. The fourth-order valence-electron chi connectivity index (χ4n) is 2.46. The lowest BCUT2D eigenvalue weighted by Crippen LogP contribution is -2.21. The number of aryl methyl sites for hydroxylation is 1. The van der Waals surface area contributed by atoms with Crippen LogP contribution in [0.3, 0.4) is 0 Å². The molecule has 0 saturated heterocycles. The Morgan fingerprint density at radius 1 is 1.05 bits per heavy atom. The van der Waals surface area contributed by atoms with E-state index in [1.54, 1.807) is 0 Å². The second-order valence-corrected chi connectivity index (χ2v) is 5.51. The summed E-state index contributed by atoms with van der Waals surface area (Å²) in [6, 6.07) is 14.7. The zero-order valence-electron chi connectivity index (χ0n) is 13.0. The summed E-state index contributed by atoms with van der Waals surface area (Å²) in [6.07, 6.45) is 0. The van der Waals surface area contributed by atoms with Crippen molar-refractivity contribution in [2.24, 2.45) is 0 Å². The Balaban J connectivity index is 2.43. The zero-order chi connectivity index (χ0) is 15.2. The van der Waals surface area contributed by atoms with Gasteiger partial charge in [0, 0.05) is 18.8 Å². The molecule has 1 N–H and O–H groups in total. The Morgan fingerprint density at radius 3 is 2.38 bits per heavy atom. The average Bonchev–Trinajstić information content (AvgIpc) is 2.49. The molecule has 3 heteroatoms. The highest BCUT2D eigenvalue weighted by atomic mass is 35.5. The van der Waals surface area contributed by atoms with E-state index in [1.165, 1.54) is 16.8 Å². The van der Waals surface area contributed by atoms with Gasteiger partial charge in [-0.25, -0.2) is 0 Å². The molecule has 2 aromatic carbocycles. The number of nitrogens with one attached hydrogen (secondary N) is 1. The molecular weight excluding hydrogens is 280 g/mol. The lowest BCUT2D eigenvalue weighted by Gasteiger charge is -2.27. The Kier molecular flexibility index (Phi) is 5.66. The van der Waals surface area contributed by atoms with Gasteiger partial charge in [0.2, 0.25) is 0 Å². The highest BCUT2D eigenvalue weighted by molar-refractivity contribution is 6.33. The molecule has 0 atom stereocenters. The van der Waals surface area contributed by atoms with Crippen LogP contribution < -0.4 is 10.2 Å². The lowest BCUT2D eigenvalue weighted by molar-refractivity contribution is 0.725. The summed E-state index contributed by atoms with van der Waals surface area (Å²) in [5.41, 5.74) is 4.77. The summed E-state index contributed by atoms with van der Waals surface area (Å²) in [5.74, 6) is 0. The minimum atomic E-state index is 0.799. The predicted octanol–water partition coefficient (Wildman–Crippen LogP) is 4.92. The van der Waals surface area contributed by atoms with Gasteiger partial charge in [0.25, 0.3) is 0 Å². The molecule has 0 aliphatic carbocycles. The normalized spacial score (nSPS) is 10.7. The van der Waals surface area contributed by atoms with E-state index >= 15 is 0 Å². The highest BCUT2D eigenvalue weighted by Crippen LogP contribution is 2.35. The predicted molar refractivity (Wildman–Crippen MR) is 92.7 cm³/mol. The standard InChI is InChI=1S/C18H23ClN2/c1-4-20-13-15-7-6-8-17(19)18(15)21(5-2)16-11-9-14(3)10-12-16/h6-12,20H,4-5,13H2,1-3H3. The molecule has 0 radical (unpaired) electrons. The van der Waals surface area contributed by atoms with Gasteiger partial charge in [-0.05, 0) is 44.2 Å². The fourth-order valence-corrected chi connectivity index (χ4v) is 2.76. The van der Waals surface area contributed by atoms with E-state index in [4.69, 9.17) is 11.6 Å². The number of hydrogen-bond donors (Lipinski definition) is 1. The summed E-state index contributed by atoms with van der Waals surface area (Å²) < 4.78 is 0. The van der Waals surface area contributed by atoms with Crippen LogP contribution in [0.1, 0.15) is 25.0 Å². The Hall–Kier alpha value is -1.51. The maximum Gasteiger partial charge on any atom is 0.0646 e. The number of halogens is 1. The van der Waals surface area contributed by atoms with Crippen LogP contribution in [0.15, 0.2) is 42.5 Å². The van der Waals surface area contributed by atoms with Gasteiger partial charge in [-0.3, -0.25) is 0 Å². The zero-order valence-corrected chi connectivity index (χ0v) is 13.7. The van der Waals surface area contributed by atoms with Gasteiger partial charge in [0.15, 0.2) is 0 Å². The molecular formula is C18H23ClN2. The van der Waals surface area contributed by atoms with Crippen molar-refractivity contribution >= 4 is 23.0 Å². The summed E-state index contributed by atoms with van der Waals surface area (Å²) >= 11 is 6.49. The molecule has 0 saturated carbocycles. The molecule has 0 bridgehead atoms. The fraction of sp³-hybridized carbons (Fsp3) is 0.333. The molecule has 0 amide bonds. The molecule has 21 heavy (non-hydrogen) atoms. The minimum absolute atomic E-state index is 0.799. The maximum atomic E-state index is 6.49. The monoisotopic (exact) mass is 302 g/mol. The molecule has 0 heterocycles. The van der Waals surface area contributed by atoms with E-state index in [9.17, 15) is 0 Å². The van der Waals surface area contributed by atoms with E-state index in [-0.39, 0.29) is 0 Å². The van der Waals surface area contributed by atoms with Crippen LogP contribution in [0.2, 0.25) is 5.02 Å². The van der Waals surface area contributed by atoms with Crippen LogP contribution in [0.4, 0.5) is 11.4 Å². The van der Waals surface area contributed by atoms with Crippen molar-refractivity contribution in [2.45, 2.75) is 27.3 Å². The van der Waals surface area contributed by atoms with Crippen LogP contribution in [-0.2, 0) is 6.54 Å². The highest BCUT2D eigenvalue weighted by Gasteiger charge is 2.15. The van der Waals surface area contributed by atoms with Gasteiger partial charge in [0.1, 0.15) is 0 Å². The molecule has 0 aliphatic rings. The second-order valence-electron chi connectivity index (χ2n) is 5.11. The number of nitrogens with zero attached hydrogens (tertiary/aromatic N) is 1. The topological polar surface area (TPSA) is 15.3 Å². The second kappa shape index (κ2) is 7.48. The third-order valence-corrected chi connectivity index (χ3v) is 3.87. The van der Waals surface area contributed by atoms with Crippen molar-refractivity contribution in [3.63, 3.8) is 0 Å². The SMILES string of the molecule is CCNCc1cccc(Cl)c1N(CC)c1ccc(C)cc1. The first kappa shape index (κ1) is 15.9. The number of rotatable bonds is 6. The van der Waals surface area contributed by atoms with Gasteiger partial charge >= 0.3 is 0 Å². The third-order valence-electron chi connectivity index (χ3n) is 3.57. The van der Waals surface area contributed by atoms with Crippen molar-refractivity contribution in [1.82, 2.24) is 5.32 Å². The van der Waals surface area contributed by atoms with Crippen molar-refractivity contribution in [2.75, 3.05) is 18.0 Å². The maximum absolute atomic E-state index is 6.49. The van der Waals surface area contributed by atoms with Gasteiger partial charge in [0.05, 0.1) is 10.7 Å². The number of hydrogen-bond acceptors (Lipinski definition) is 2. The van der Waals surface area contributed by atoms with Gasteiger partial charge in [-0.1, -0.05) is 48.4 Å². The number of benzene rings is 2. The van der Waals surface area contributed by atoms with E-state index < -0.39 is 0 Å². The van der Waals surface area contributed by atoms with E-state index in [0.29, 0.717) is 0 Å². The number of para-hydroxylation sites is 1. The van der Waals surface area contributed by atoms with Crippen LogP contribution in [0, 0.1) is 6.92 Å². The van der Waals surface area contributed by atoms with Crippen LogP contribution in [-0.4, -0.2) is 13.1 Å². The van der Waals surface area contributed by atoms with Crippen LogP contribution >= 0.6 is 11.6 Å². The molecule has 0 fully saturated rings. The molecule has 2 nitrogen and oxygen atoms in total. The molecule has 2 aromatic rings. The van der Waals surface area contributed by atoms with E-state index in [2.05, 4.69) is 61.3 Å². The summed E-state index contributed by atoms with van der Waals surface area (Å²) in [5, 5.41) is 4.19. The summed E-state index contributed by atoms with van der Waals surface area (Å²) in [6.45, 7) is 9.03. The van der Waals surface area contributed by atoms with Crippen molar-refractivity contribution < 1.29 is 0 Å². The number of anilines is 2. The first-order valence-electron chi connectivity index (χ1n) is 7.49. The molecule has 0 aliphatic heterocycles. The third kappa shape index (κ3) is 3.78. The van der Waals surface area contributed by atoms with Gasteiger partial charge < -0.3 is 10.2 Å². The molecule has 0 aromatic heterocycles. The van der Waals surface area contributed by atoms with Crippen molar-refractivity contribution in [3.05, 3.63) is 58.6 Å². The van der Waals surface area contributed by atoms with E-state index in [0.717, 1.165) is 30.3 Å².